The SMILES string of the molecule is CCCCc1nc(C(F)(F)CCC)n(Cc2ccc(Br)c(COCC)c2)n1. The quantitative estimate of drug-likeness (QED) is 0.436. The molecule has 0 radical (unpaired) electrons. The minimum Gasteiger partial charge on any atom is -0.377 e. The van der Waals surface area contributed by atoms with Gasteiger partial charge in [0.15, 0.2) is 11.6 Å². The third-order valence-electron chi connectivity index (χ3n) is 4.26. The summed E-state index contributed by atoms with van der Waals surface area (Å²) in [6, 6.07) is 5.80. The summed E-state index contributed by atoms with van der Waals surface area (Å²) in [5.41, 5.74) is 1.89. The molecule has 7 heteroatoms. The highest BCUT2D eigenvalue weighted by Gasteiger charge is 2.37. The molecule has 0 saturated carbocycles. The van der Waals surface area contributed by atoms with E-state index < -0.39 is 5.92 Å². The average molecular weight is 444 g/mol. The lowest BCUT2D eigenvalue weighted by Gasteiger charge is -2.16. The minimum absolute atomic E-state index is 0.227. The Hall–Kier alpha value is -1.34. The van der Waals surface area contributed by atoms with E-state index in [1.807, 2.05) is 25.1 Å². The summed E-state index contributed by atoms with van der Waals surface area (Å²) < 4.78 is 37.0. The van der Waals surface area contributed by atoms with Crippen LogP contribution in [0, 0.1) is 0 Å². The highest BCUT2D eigenvalue weighted by atomic mass is 79.9. The van der Waals surface area contributed by atoms with E-state index in [-0.39, 0.29) is 18.8 Å². The molecule has 0 amide bonds. The van der Waals surface area contributed by atoms with E-state index in [0.717, 1.165) is 28.4 Å². The molecule has 0 aliphatic carbocycles. The molecule has 1 heterocycles. The van der Waals surface area contributed by atoms with Crippen molar-refractivity contribution in [2.75, 3.05) is 6.61 Å². The van der Waals surface area contributed by atoms with Crippen LogP contribution in [0.15, 0.2) is 22.7 Å². The minimum atomic E-state index is -2.98. The molecule has 2 aromatic rings. The highest BCUT2D eigenvalue weighted by molar-refractivity contribution is 9.10. The molecule has 0 aliphatic heterocycles. The van der Waals surface area contributed by atoms with Gasteiger partial charge in [0.2, 0.25) is 0 Å². The number of hydrogen-bond acceptors (Lipinski definition) is 3. The molecule has 0 N–H and O–H groups in total. The summed E-state index contributed by atoms with van der Waals surface area (Å²) in [7, 11) is 0. The number of hydrogen-bond donors (Lipinski definition) is 0. The largest absolute Gasteiger partial charge is 0.377 e. The van der Waals surface area contributed by atoms with Crippen molar-refractivity contribution in [1.82, 2.24) is 14.8 Å². The van der Waals surface area contributed by atoms with Crippen molar-refractivity contribution in [1.29, 1.82) is 0 Å². The summed E-state index contributed by atoms with van der Waals surface area (Å²) in [5, 5.41) is 4.39. The maximum absolute atomic E-state index is 14.6. The molecular formula is C20H28BrF2N3O. The first-order valence-electron chi connectivity index (χ1n) is 9.58. The van der Waals surface area contributed by atoms with Crippen LogP contribution in [0.5, 0.6) is 0 Å². The molecule has 2 rings (SSSR count). The van der Waals surface area contributed by atoms with Gasteiger partial charge in [0.1, 0.15) is 0 Å². The number of aryl methyl sites for hydroxylation is 1. The second kappa shape index (κ2) is 10.3. The number of halogens is 3. The van der Waals surface area contributed by atoms with Gasteiger partial charge in [0.05, 0.1) is 13.2 Å². The van der Waals surface area contributed by atoms with Crippen LogP contribution in [-0.2, 0) is 30.2 Å². The number of nitrogens with zero attached hydrogens (tertiary/aromatic N) is 3. The van der Waals surface area contributed by atoms with E-state index in [4.69, 9.17) is 4.74 Å². The van der Waals surface area contributed by atoms with Gasteiger partial charge in [-0.05, 0) is 37.0 Å². The number of benzene rings is 1. The highest BCUT2D eigenvalue weighted by Crippen LogP contribution is 2.32. The van der Waals surface area contributed by atoms with E-state index in [1.54, 1.807) is 6.92 Å². The van der Waals surface area contributed by atoms with Gasteiger partial charge in [-0.3, -0.25) is 0 Å². The third kappa shape index (κ3) is 6.07. The van der Waals surface area contributed by atoms with Crippen LogP contribution in [0.4, 0.5) is 8.78 Å². The molecule has 4 nitrogen and oxygen atoms in total. The molecule has 0 bridgehead atoms. The first-order valence-corrected chi connectivity index (χ1v) is 10.4. The molecule has 0 spiro atoms. The normalized spacial score (nSPS) is 11.9. The van der Waals surface area contributed by atoms with E-state index in [9.17, 15) is 8.78 Å². The van der Waals surface area contributed by atoms with Gasteiger partial charge in [-0.25, -0.2) is 9.67 Å². The van der Waals surface area contributed by atoms with Gasteiger partial charge < -0.3 is 4.74 Å². The fraction of sp³-hybridized carbons (Fsp3) is 0.600. The fourth-order valence-electron chi connectivity index (χ4n) is 2.86. The van der Waals surface area contributed by atoms with E-state index in [1.165, 1.54) is 4.68 Å². The smallest absolute Gasteiger partial charge is 0.306 e. The van der Waals surface area contributed by atoms with Crippen molar-refractivity contribution < 1.29 is 13.5 Å². The van der Waals surface area contributed by atoms with Crippen molar-refractivity contribution in [3.05, 3.63) is 45.4 Å². The molecule has 0 fully saturated rings. The Labute approximate surface area is 168 Å². The second-order valence-electron chi connectivity index (χ2n) is 6.63. The summed E-state index contributed by atoms with van der Waals surface area (Å²) in [5.74, 6) is -2.71. The molecule has 1 aromatic carbocycles. The summed E-state index contributed by atoms with van der Waals surface area (Å²) in [6.07, 6.45) is 2.65. The summed E-state index contributed by atoms with van der Waals surface area (Å²) >= 11 is 3.51. The number of aromatic nitrogens is 3. The Morgan fingerprint density at radius 2 is 1.96 bits per heavy atom. The first kappa shape index (κ1) is 22.0. The Morgan fingerprint density at radius 3 is 2.63 bits per heavy atom. The van der Waals surface area contributed by atoms with Crippen molar-refractivity contribution in [2.24, 2.45) is 0 Å². The lowest BCUT2D eigenvalue weighted by atomic mass is 10.1. The Bertz CT molecular complexity index is 734. The van der Waals surface area contributed by atoms with Crippen molar-refractivity contribution in [2.45, 2.75) is 71.9 Å². The zero-order valence-corrected chi connectivity index (χ0v) is 17.9. The van der Waals surface area contributed by atoms with Crippen LogP contribution in [0.25, 0.3) is 0 Å². The predicted molar refractivity (Wildman–Crippen MR) is 106 cm³/mol. The van der Waals surface area contributed by atoms with Crippen LogP contribution >= 0.6 is 15.9 Å². The number of unbranched alkanes of at least 4 members (excludes halogenated alkanes) is 1. The molecule has 150 valence electrons. The first-order chi connectivity index (χ1) is 12.9. The molecule has 0 saturated heterocycles. The van der Waals surface area contributed by atoms with Gasteiger partial charge in [0, 0.05) is 23.9 Å². The van der Waals surface area contributed by atoms with Crippen molar-refractivity contribution >= 4 is 15.9 Å². The van der Waals surface area contributed by atoms with Gasteiger partial charge in [-0.2, -0.15) is 13.9 Å². The zero-order valence-electron chi connectivity index (χ0n) is 16.3. The Kier molecular flexibility index (Phi) is 8.35. The monoisotopic (exact) mass is 443 g/mol. The average Bonchev–Trinajstić information content (AvgIpc) is 3.04. The van der Waals surface area contributed by atoms with Gasteiger partial charge in [-0.1, -0.05) is 48.3 Å². The predicted octanol–water partition coefficient (Wildman–Crippen LogP) is 5.86. The van der Waals surface area contributed by atoms with Gasteiger partial charge in [0.25, 0.3) is 0 Å². The maximum Gasteiger partial charge on any atom is 0.306 e. The number of rotatable bonds is 11. The standard InChI is InChI=1S/C20H28BrF2N3O/c1-4-7-8-18-24-19(20(22,23)11-5-2)26(25-18)13-15-9-10-17(21)16(12-15)14-27-6-3/h9-10,12H,4-8,11,13-14H2,1-3H3. The Morgan fingerprint density at radius 1 is 1.19 bits per heavy atom. The molecule has 27 heavy (non-hydrogen) atoms. The number of alkyl halides is 2. The maximum atomic E-state index is 14.6. The molecule has 0 atom stereocenters. The topological polar surface area (TPSA) is 39.9 Å². The summed E-state index contributed by atoms with van der Waals surface area (Å²) in [6.45, 7) is 7.11. The van der Waals surface area contributed by atoms with E-state index >= 15 is 0 Å². The lowest BCUT2D eigenvalue weighted by Crippen LogP contribution is -2.21. The summed E-state index contributed by atoms with van der Waals surface area (Å²) in [4.78, 5) is 4.19. The number of ether oxygens (including phenoxy) is 1. The van der Waals surface area contributed by atoms with Crippen LogP contribution in [0.1, 0.15) is 69.2 Å². The zero-order chi connectivity index (χ0) is 19.9. The van der Waals surface area contributed by atoms with E-state index in [2.05, 4.69) is 32.9 Å². The van der Waals surface area contributed by atoms with Crippen molar-refractivity contribution in [3.8, 4) is 0 Å². The van der Waals surface area contributed by atoms with Gasteiger partial charge in [-0.15, -0.1) is 0 Å². The third-order valence-corrected chi connectivity index (χ3v) is 5.04. The van der Waals surface area contributed by atoms with Crippen LogP contribution < -0.4 is 0 Å². The lowest BCUT2D eigenvalue weighted by molar-refractivity contribution is -0.0270. The fourth-order valence-corrected chi connectivity index (χ4v) is 3.22. The van der Waals surface area contributed by atoms with Crippen LogP contribution in [-0.4, -0.2) is 21.4 Å². The molecular weight excluding hydrogens is 416 g/mol. The van der Waals surface area contributed by atoms with Crippen molar-refractivity contribution in [3.63, 3.8) is 0 Å². The Balaban J connectivity index is 2.32. The molecule has 1 aromatic heterocycles. The molecule has 0 aliphatic rings. The molecule has 0 unspecified atom stereocenters. The van der Waals surface area contributed by atoms with Gasteiger partial charge >= 0.3 is 5.92 Å². The van der Waals surface area contributed by atoms with Crippen LogP contribution in [0.3, 0.4) is 0 Å². The van der Waals surface area contributed by atoms with Crippen LogP contribution in [0.2, 0.25) is 0 Å². The van der Waals surface area contributed by atoms with E-state index in [0.29, 0.717) is 31.9 Å². The second-order valence-corrected chi connectivity index (χ2v) is 7.48.